The Bertz CT molecular complexity index is 1680. The molecule has 0 spiro atoms. The SMILES string of the molecule is COc1ccc2c(OC3CC4C(=O)NC5(C(=O)O)CC5C=CCCCCN(C)C(=O)N4C3)nc(-c3csc(NC(C)C)n3)cc2c1. The van der Waals surface area contributed by atoms with E-state index in [1.54, 1.807) is 19.1 Å². The number of thiazole rings is 1. The number of urea groups is 1. The maximum Gasteiger partial charge on any atom is 0.330 e. The van der Waals surface area contributed by atoms with Crippen molar-refractivity contribution >= 4 is 45.1 Å². The molecule has 13 heteroatoms. The number of aliphatic carboxylic acids is 1. The third kappa shape index (κ3) is 6.33. The first-order valence-corrected chi connectivity index (χ1v) is 16.6. The lowest BCUT2D eigenvalue weighted by Crippen LogP contribution is -2.54. The number of hydrogen-bond acceptors (Lipinski definition) is 9. The van der Waals surface area contributed by atoms with Gasteiger partial charge in [-0.15, -0.1) is 11.3 Å². The summed E-state index contributed by atoms with van der Waals surface area (Å²) in [6.07, 6.45) is 6.27. The zero-order valence-corrected chi connectivity index (χ0v) is 27.3. The van der Waals surface area contributed by atoms with Gasteiger partial charge in [-0.2, -0.15) is 0 Å². The number of ether oxygens (including phenoxy) is 2. The molecule has 3 aromatic rings. The van der Waals surface area contributed by atoms with Gasteiger partial charge in [0.05, 0.1) is 19.3 Å². The normalized spacial score (nSPS) is 25.1. The van der Waals surface area contributed by atoms with Gasteiger partial charge in [0.25, 0.3) is 0 Å². The quantitative estimate of drug-likeness (QED) is 0.309. The van der Waals surface area contributed by atoms with E-state index in [1.807, 2.05) is 55.6 Å². The summed E-state index contributed by atoms with van der Waals surface area (Å²) < 4.78 is 12.0. The van der Waals surface area contributed by atoms with Crippen molar-refractivity contribution in [2.75, 3.05) is 32.6 Å². The highest BCUT2D eigenvalue weighted by molar-refractivity contribution is 7.14. The number of nitrogens with zero attached hydrogens (tertiary/aromatic N) is 4. The van der Waals surface area contributed by atoms with E-state index in [0.717, 1.165) is 35.2 Å². The van der Waals surface area contributed by atoms with Gasteiger partial charge < -0.3 is 35.0 Å². The predicted molar refractivity (Wildman–Crippen MR) is 175 cm³/mol. The summed E-state index contributed by atoms with van der Waals surface area (Å²) >= 11 is 1.49. The maximum atomic E-state index is 13.8. The highest BCUT2D eigenvalue weighted by atomic mass is 32.1. The number of amides is 3. The molecule has 0 radical (unpaired) electrons. The number of methoxy groups -OCH3 is 1. The average Bonchev–Trinajstić information content (AvgIpc) is 3.31. The lowest BCUT2D eigenvalue weighted by molar-refractivity contribution is -0.144. The number of carbonyl (C=O) groups is 3. The number of benzene rings is 1. The van der Waals surface area contributed by atoms with E-state index < -0.39 is 29.6 Å². The van der Waals surface area contributed by atoms with Gasteiger partial charge in [0.15, 0.2) is 5.13 Å². The van der Waals surface area contributed by atoms with E-state index in [0.29, 0.717) is 36.0 Å². The van der Waals surface area contributed by atoms with E-state index in [-0.39, 0.29) is 31.0 Å². The van der Waals surface area contributed by atoms with Crippen molar-refractivity contribution in [1.29, 1.82) is 0 Å². The standard InChI is InChI=1S/C33H40N6O6S/c1-19(2)34-31-36-26(18-46-31)25-14-20-13-22(44-4)10-11-24(20)29(35-25)45-23-15-27-28(40)37-33(30(41)42)16-21(33)9-7-5-6-8-12-38(3)32(43)39(27)17-23/h7,9-11,13-14,18-19,21,23,27H,5-6,8,12,15-17H2,1-4H3,(H,34,36)(H,37,40)(H,41,42). The number of aromatic nitrogens is 2. The molecule has 4 unspecified atom stereocenters. The Balaban J connectivity index is 1.32. The molecule has 1 saturated heterocycles. The molecule has 3 amide bonds. The number of hydrogen-bond donors (Lipinski definition) is 3. The van der Waals surface area contributed by atoms with Gasteiger partial charge >= 0.3 is 12.0 Å². The van der Waals surface area contributed by atoms with Gasteiger partial charge in [-0.25, -0.2) is 19.6 Å². The van der Waals surface area contributed by atoms with Gasteiger partial charge in [0, 0.05) is 42.7 Å². The summed E-state index contributed by atoms with van der Waals surface area (Å²) in [5, 5.41) is 20.5. The average molecular weight is 649 g/mol. The molecule has 244 valence electrons. The molecule has 4 heterocycles. The molecule has 2 aromatic heterocycles. The van der Waals surface area contributed by atoms with Crippen LogP contribution in [0.25, 0.3) is 22.2 Å². The highest BCUT2D eigenvalue weighted by Crippen LogP contribution is 2.45. The van der Waals surface area contributed by atoms with Crippen LogP contribution in [0.1, 0.15) is 46.0 Å². The van der Waals surface area contributed by atoms with Gasteiger partial charge in [-0.05, 0) is 69.2 Å². The van der Waals surface area contributed by atoms with E-state index in [9.17, 15) is 19.5 Å². The minimum absolute atomic E-state index is 0.146. The first-order chi connectivity index (χ1) is 22.1. The zero-order chi connectivity index (χ0) is 32.6. The molecular formula is C33H40N6O6S. The fourth-order valence-corrected chi connectivity index (χ4v) is 7.06. The van der Waals surface area contributed by atoms with E-state index in [4.69, 9.17) is 19.4 Å². The minimum atomic E-state index is -1.36. The molecule has 2 fully saturated rings. The van der Waals surface area contributed by atoms with Gasteiger partial charge in [-0.1, -0.05) is 12.2 Å². The van der Waals surface area contributed by atoms with Crippen molar-refractivity contribution in [3.8, 4) is 23.0 Å². The molecule has 1 aliphatic carbocycles. The molecule has 3 aliphatic rings. The number of allylic oxidation sites excluding steroid dienone is 1. The number of pyridine rings is 1. The monoisotopic (exact) mass is 648 g/mol. The number of carbonyl (C=O) groups excluding carboxylic acids is 2. The van der Waals surface area contributed by atoms with Crippen LogP contribution in [-0.2, 0) is 9.59 Å². The summed E-state index contributed by atoms with van der Waals surface area (Å²) in [5.41, 5.74) is -0.0566. The molecule has 1 saturated carbocycles. The van der Waals surface area contributed by atoms with Crippen LogP contribution in [0.4, 0.5) is 9.93 Å². The van der Waals surface area contributed by atoms with Gasteiger partial charge in [0.2, 0.25) is 11.8 Å². The fraction of sp³-hybridized carbons (Fsp3) is 0.485. The highest BCUT2D eigenvalue weighted by Gasteiger charge is 2.61. The van der Waals surface area contributed by atoms with Crippen LogP contribution < -0.4 is 20.1 Å². The van der Waals surface area contributed by atoms with Crippen LogP contribution in [0, 0.1) is 5.92 Å². The predicted octanol–water partition coefficient (Wildman–Crippen LogP) is 4.76. The second-order valence-corrected chi connectivity index (χ2v) is 13.4. The fourth-order valence-electron chi connectivity index (χ4n) is 6.21. The van der Waals surface area contributed by atoms with Crippen molar-refractivity contribution in [1.82, 2.24) is 25.1 Å². The smallest absolute Gasteiger partial charge is 0.330 e. The second kappa shape index (κ2) is 12.8. The zero-order valence-electron chi connectivity index (χ0n) is 26.5. The lowest BCUT2D eigenvalue weighted by atomic mass is 10.1. The van der Waals surface area contributed by atoms with E-state index in [1.165, 1.54) is 16.2 Å². The van der Waals surface area contributed by atoms with Crippen molar-refractivity contribution in [3.05, 3.63) is 41.8 Å². The number of carboxylic acid groups (broad SMARTS) is 1. The van der Waals surface area contributed by atoms with Crippen molar-refractivity contribution in [2.45, 2.75) is 69.7 Å². The third-order valence-electron chi connectivity index (χ3n) is 8.82. The summed E-state index contributed by atoms with van der Waals surface area (Å²) in [5.74, 6) is -0.812. The third-order valence-corrected chi connectivity index (χ3v) is 9.60. The number of nitrogens with one attached hydrogen (secondary N) is 2. The van der Waals surface area contributed by atoms with Crippen LogP contribution in [0.5, 0.6) is 11.6 Å². The molecule has 46 heavy (non-hydrogen) atoms. The lowest BCUT2D eigenvalue weighted by Gasteiger charge is -2.29. The maximum absolute atomic E-state index is 13.8. The molecule has 12 nitrogen and oxygen atoms in total. The number of anilines is 1. The number of rotatable bonds is 7. The van der Waals surface area contributed by atoms with Crippen molar-refractivity contribution < 1.29 is 29.0 Å². The summed E-state index contributed by atoms with van der Waals surface area (Å²) in [6.45, 7) is 4.79. The largest absolute Gasteiger partial charge is 0.497 e. The molecule has 0 bridgehead atoms. The Morgan fingerprint density at radius 1 is 1.20 bits per heavy atom. The van der Waals surface area contributed by atoms with E-state index in [2.05, 4.69) is 10.6 Å². The molecular weight excluding hydrogens is 608 g/mol. The molecule has 2 aliphatic heterocycles. The van der Waals surface area contributed by atoms with Crippen LogP contribution in [0.3, 0.4) is 0 Å². The molecule has 3 N–H and O–H groups in total. The first kappa shape index (κ1) is 31.6. The molecule has 1 aromatic carbocycles. The summed E-state index contributed by atoms with van der Waals surface area (Å²) in [4.78, 5) is 52.5. The molecule has 4 atom stereocenters. The van der Waals surface area contributed by atoms with Crippen LogP contribution in [-0.4, -0.2) is 93.8 Å². The van der Waals surface area contributed by atoms with E-state index >= 15 is 0 Å². The van der Waals surface area contributed by atoms with Crippen LogP contribution in [0.2, 0.25) is 0 Å². The summed E-state index contributed by atoms with van der Waals surface area (Å²) in [7, 11) is 3.33. The van der Waals surface area contributed by atoms with Crippen LogP contribution >= 0.6 is 11.3 Å². The summed E-state index contributed by atoms with van der Waals surface area (Å²) in [6, 6.07) is 6.58. The Kier molecular flexibility index (Phi) is 8.78. The Hall–Kier alpha value is -4.39. The first-order valence-electron chi connectivity index (χ1n) is 15.7. The van der Waals surface area contributed by atoms with Gasteiger partial charge in [-0.3, -0.25) is 4.79 Å². The number of carboxylic acids is 1. The topological polar surface area (TPSA) is 146 Å². The van der Waals surface area contributed by atoms with Gasteiger partial charge in [0.1, 0.15) is 29.1 Å². The minimum Gasteiger partial charge on any atom is -0.497 e. The van der Waals surface area contributed by atoms with Crippen molar-refractivity contribution in [2.24, 2.45) is 5.92 Å². The number of fused-ring (bicyclic) bond motifs is 3. The Labute approximate surface area is 271 Å². The van der Waals surface area contributed by atoms with Crippen LogP contribution in [0.15, 0.2) is 41.8 Å². The Morgan fingerprint density at radius 3 is 2.78 bits per heavy atom. The second-order valence-electron chi connectivity index (χ2n) is 12.6. The molecule has 6 rings (SSSR count). The Morgan fingerprint density at radius 2 is 2.02 bits per heavy atom. The van der Waals surface area contributed by atoms with Crippen molar-refractivity contribution in [3.63, 3.8) is 0 Å².